The molecule has 19 heavy (non-hydrogen) atoms. The number of aryl methyl sites for hydroxylation is 2. The maximum atomic E-state index is 5.39. The number of hydrogen-bond acceptors (Lipinski definition) is 4. The van der Waals surface area contributed by atoms with Crippen LogP contribution in [-0.4, -0.2) is 17.1 Å². The van der Waals surface area contributed by atoms with Crippen molar-refractivity contribution in [2.45, 2.75) is 13.8 Å². The summed E-state index contributed by atoms with van der Waals surface area (Å²) in [4.78, 5) is 9.11. The zero-order valence-corrected chi connectivity index (χ0v) is 11.9. The van der Waals surface area contributed by atoms with Gasteiger partial charge in [0, 0.05) is 11.3 Å². The molecule has 0 N–H and O–H groups in total. The first-order valence-corrected chi connectivity index (χ1v) is 6.88. The van der Waals surface area contributed by atoms with Gasteiger partial charge in [0.05, 0.1) is 22.3 Å². The van der Waals surface area contributed by atoms with Crippen molar-refractivity contribution >= 4 is 21.6 Å². The smallest absolute Gasteiger partial charge is 0.145 e. The topological polar surface area (TPSA) is 35.0 Å². The molecule has 4 heteroatoms. The molecule has 0 radical (unpaired) electrons. The predicted molar refractivity (Wildman–Crippen MR) is 78.9 cm³/mol. The Morgan fingerprint density at radius 3 is 2.68 bits per heavy atom. The molecular formula is C15H14N2OS. The Balaban J connectivity index is 2.20. The summed E-state index contributed by atoms with van der Waals surface area (Å²) in [6.07, 6.45) is 0. The van der Waals surface area contributed by atoms with E-state index in [1.165, 1.54) is 4.70 Å². The third-order valence-corrected chi connectivity index (χ3v) is 3.94. The van der Waals surface area contributed by atoms with E-state index in [2.05, 4.69) is 28.2 Å². The van der Waals surface area contributed by atoms with Crippen molar-refractivity contribution in [1.82, 2.24) is 9.97 Å². The van der Waals surface area contributed by atoms with Gasteiger partial charge in [-0.2, -0.15) is 0 Å². The first-order chi connectivity index (χ1) is 9.17. The third kappa shape index (κ3) is 2.19. The molecule has 96 valence electrons. The Morgan fingerprint density at radius 1 is 1.05 bits per heavy atom. The summed E-state index contributed by atoms with van der Waals surface area (Å²) in [6.45, 7) is 4.00. The predicted octanol–water partition coefficient (Wildman–Crippen LogP) is 3.98. The van der Waals surface area contributed by atoms with Gasteiger partial charge in [0.25, 0.3) is 0 Å². The maximum Gasteiger partial charge on any atom is 0.145 e. The van der Waals surface area contributed by atoms with Gasteiger partial charge in [-0.1, -0.05) is 6.07 Å². The van der Waals surface area contributed by atoms with Gasteiger partial charge in [0.1, 0.15) is 11.4 Å². The first-order valence-electron chi connectivity index (χ1n) is 6.06. The normalized spacial score (nSPS) is 10.9. The molecule has 1 aromatic carbocycles. The van der Waals surface area contributed by atoms with Gasteiger partial charge in [-0.15, -0.1) is 11.3 Å². The number of hydrogen-bond donors (Lipinski definition) is 0. The lowest BCUT2D eigenvalue weighted by Crippen LogP contribution is -1.93. The van der Waals surface area contributed by atoms with Crippen LogP contribution in [0.4, 0.5) is 0 Å². The van der Waals surface area contributed by atoms with E-state index in [0.717, 1.165) is 33.2 Å². The van der Waals surface area contributed by atoms with E-state index in [1.54, 1.807) is 18.4 Å². The van der Waals surface area contributed by atoms with Crippen LogP contribution in [0, 0.1) is 13.8 Å². The fourth-order valence-electron chi connectivity index (χ4n) is 2.11. The van der Waals surface area contributed by atoms with Crippen molar-refractivity contribution in [1.29, 1.82) is 0 Å². The van der Waals surface area contributed by atoms with Gasteiger partial charge < -0.3 is 4.74 Å². The molecule has 0 spiro atoms. The quantitative estimate of drug-likeness (QED) is 0.706. The summed E-state index contributed by atoms with van der Waals surface area (Å²) >= 11 is 1.71. The van der Waals surface area contributed by atoms with Crippen LogP contribution in [0.3, 0.4) is 0 Å². The Bertz CT molecular complexity index is 749. The summed E-state index contributed by atoms with van der Waals surface area (Å²) in [7, 11) is 1.67. The highest BCUT2D eigenvalue weighted by atomic mass is 32.1. The minimum absolute atomic E-state index is 0.789. The van der Waals surface area contributed by atoms with E-state index < -0.39 is 0 Å². The number of ether oxygens (including phenoxy) is 1. The zero-order valence-electron chi connectivity index (χ0n) is 11.1. The molecule has 2 aromatic heterocycles. The van der Waals surface area contributed by atoms with Gasteiger partial charge in [-0.25, -0.2) is 9.97 Å². The lowest BCUT2D eigenvalue weighted by Gasteiger charge is -2.08. The third-order valence-electron chi connectivity index (χ3n) is 2.99. The highest BCUT2D eigenvalue weighted by Gasteiger charge is 2.10. The molecule has 0 atom stereocenters. The molecule has 3 aromatic rings. The second-order valence-electron chi connectivity index (χ2n) is 4.42. The van der Waals surface area contributed by atoms with Crippen LogP contribution in [0.25, 0.3) is 21.5 Å². The van der Waals surface area contributed by atoms with Crippen LogP contribution in [0.15, 0.2) is 30.3 Å². The Kier molecular flexibility index (Phi) is 2.95. The van der Waals surface area contributed by atoms with Gasteiger partial charge in [-0.3, -0.25) is 0 Å². The van der Waals surface area contributed by atoms with Crippen molar-refractivity contribution in [3.8, 4) is 17.0 Å². The Labute approximate surface area is 115 Å². The van der Waals surface area contributed by atoms with E-state index in [-0.39, 0.29) is 0 Å². The van der Waals surface area contributed by atoms with Gasteiger partial charge >= 0.3 is 0 Å². The summed E-state index contributed by atoms with van der Waals surface area (Å²) in [6, 6.07) is 10.1. The van der Waals surface area contributed by atoms with E-state index in [9.17, 15) is 0 Å². The second-order valence-corrected chi connectivity index (χ2v) is 5.65. The monoisotopic (exact) mass is 270 g/mol. The summed E-state index contributed by atoms with van der Waals surface area (Å²) < 4.78 is 6.59. The molecule has 0 saturated carbocycles. The van der Waals surface area contributed by atoms with Crippen LogP contribution in [0.1, 0.15) is 10.7 Å². The standard InChI is InChI=1S/C15H14N2OS/c1-9-4-6-13(18-3)15(16-9)11-5-7-14-12(8-11)17-10(2)19-14/h4-8H,1-3H3. The van der Waals surface area contributed by atoms with E-state index in [0.29, 0.717) is 0 Å². The number of methoxy groups -OCH3 is 1. The Morgan fingerprint density at radius 2 is 1.89 bits per heavy atom. The van der Waals surface area contributed by atoms with Crippen LogP contribution in [0.5, 0.6) is 5.75 Å². The fourth-order valence-corrected chi connectivity index (χ4v) is 2.91. The summed E-state index contributed by atoms with van der Waals surface area (Å²) in [5.41, 5.74) is 3.91. The SMILES string of the molecule is COc1ccc(C)nc1-c1ccc2sc(C)nc2c1. The number of nitrogens with zero attached hydrogens (tertiary/aromatic N) is 2. The van der Waals surface area contributed by atoms with Gasteiger partial charge in [-0.05, 0) is 38.1 Å². The number of aromatic nitrogens is 2. The molecule has 0 amide bonds. The van der Waals surface area contributed by atoms with Crippen molar-refractivity contribution < 1.29 is 4.74 Å². The molecule has 0 fully saturated rings. The molecule has 0 saturated heterocycles. The lowest BCUT2D eigenvalue weighted by atomic mass is 10.1. The van der Waals surface area contributed by atoms with E-state index >= 15 is 0 Å². The molecule has 3 nitrogen and oxygen atoms in total. The molecule has 0 aliphatic carbocycles. The number of benzene rings is 1. The number of rotatable bonds is 2. The Hall–Kier alpha value is -1.94. The van der Waals surface area contributed by atoms with Crippen molar-refractivity contribution in [2.24, 2.45) is 0 Å². The van der Waals surface area contributed by atoms with Crippen molar-refractivity contribution in [3.05, 3.63) is 41.0 Å². The molecule has 0 bridgehead atoms. The van der Waals surface area contributed by atoms with E-state index in [1.807, 2.05) is 26.0 Å². The average Bonchev–Trinajstić information content (AvgIpc) is 2.77. The molecule has 0 unspecified atom stereocenters. The van der Waals surface area contributed by atoms with Crippen LogP contribution < -0.4 is 4.74 Å². The van der Waals surface area contributed by atoms with Gasteiger partial charge in [0.2, 0.25) is 0 Å². The molecule has 2 heterocycles. The van der Waals surface area contributed by atoms with Crippen molar-refractivity contribution in [3.63, 3.8) is 0 Å². The van der Waals surface area contributed by atoms with Crippen LogP contribution >= 0.6 is 11.3 Å². The highest BCUT2D eigenvalue weighted by molar-refractivity contribution is 7.18. The molecular weight excluding hydrogens is 256 g/mol. The highest BCUT2D eigenvalue weighted by Crippen LogP contribution is 2.31. The summed E-state index contributed by atoms with van der Waals surface area (Å²) in [5, 5.41) is 1.08. The lowest BCUT2D eigenvalue weighted by molar-refractivity contribution is 0.414. The minimum atomic E-state index is 0.789. The molecule has 3 rings (SSSR count). The maximum absolute atomic E-state index is 5.39. The molecule has 0 aliphatic heterocycles. The number of fused-ring (bicyclic) bond motifs is 1. The fraction of sp³-hybridized carbons (Fsp3) is 0.200. The average molecular weight is 270 g/mol. The number of thiazole rings is 1. The van der Waals surface area contributed by atoms with E-state index in [4.69, 9.17) is 4.74 Å². The minimum Gasteiger partial charge on any atom is -0.494 e. The first kappa shape index (κ1) is 12.1. The van der Waals surface area contributed by atoms with Crippen LogP contribution in [0.2, 0.25) is 0 Å². The summed E-state index contributed by atoms with van der Waals surface area (Å²) in [5.74, 6) is 0.789. The van der Waals surface area contributed by atoms with Crippen LogP contribution in [-0.2, 0) is 0 Å². The van der Waals surface area contributed by atoms with Gasteiger partial charge in [0.15, 0.2) is 0 Å². The largest absolute Gasteiger partial charge is 0.494 e. The molecule has 0 aliphatic rings. The second kappa shape index (κ2) is 4.63. The number of pyridine rings is 1. The zero-order chi connectivity index (χ0) is 13.4. The van der Waals surface area contributed by atoms with Crippen molar-refractivity contribution in [2.75, 3.05) is 7.11 Å².